The average Bonchev–Trinajstić information content (AvgIpc) is 3.28. The second kappa shape index (κ2) is 5.19. The van der Waals surface area contributed by atoms with E-state index in [2.05, 4.69) is 4.72 Å². The molecule has 0 radical (unpaired) electrons. The first-order valence-electron chi connectivity index (χ1n) is 6.93. The molecule has 1 aromatic carbocycles. The predicted octanol–water partition coefficient (Wildman–Crippen LogP) is 2.44. The van der Waals surface area contributed by atoms with Gasteiger partial charge in [0.25, 0.3) is 0 Å². The molecular weight excluding hydrogens is 328 g/mol. The minimum absolute atomic E-state index is 0.0427. The molecule has 0 aliphatic heterocycles. The Balaban J connectivity index is 1.81. The van der Waals surface area contributed by atoms with E-state index in [-0.39, 0.29) is 20.3 Å². The second-order valence-electron chi connectivity index (χ2n) is 5.97. The summed E-state index contributed by atoms with van der Waals surface area (Å²) in [6.07, 6.45) is 4.67. The number of thiocarbonyl (C=S) groups is 1. The summed E-state index contributed by atoms with van der Waals surface area (Å²) in [5.74, 6) is 0.693. The first-order chi connectivity index (χ1) is 9.84. The van der Waals surface area contributed by atoms with Gasteiger partial charge in [-0.25, -0.2) is 13.1 Å². The lowest BCUT2D eigenvalue weighted by atomic mass is 10.0. The average molecular weight is 345 g/mol. The summed E-state index contributed by atoms with van der Waals surface area (Å²) in [7, 11) is -3.64. The monoisotopic (exact) mass is 344 g/mol. The van der Waals surface area contributed by atoms with Crippen LogP contribution in [0.25, 0.3) is 0 Å². The fourth-order valence-electron chi connectivity index (χ4n) is 2.76. The number of halogens is 1. The fraction of sp³-hybridized carbons (Fsp3) is 0.500. The minimum atomic E-state index is -3.64. The number of benzene rings is 1. The largest absolute Gasteiger partial charge is 0.389 e. The van der Waals surface area contributed by atoms with Crippen molar-refractivity contribution in [3.8, 4) is 0 Å². The van der Waals surface area contributed by atoms with Crippen molar-refractivity contribution in [1.29, 1.82) is 0 Å². The maximum absolute atomic E-state index is 12.5. The van der Waals surface area contributed by atoms with Crippen LogP contribution in [0.5, 0.6) is 0 Å². The Morgan fingerprint density at radius 1 is 1.43 bits per heavy atom. The zero-order chi connectivity index (χ0) is 15.3. The van der Waals surface area contributed by atoms with E-state index in [1.807, 2.05) is 0 Å². The molecule has 2 fully saturated rings. The predicted molar refractivity (Wildman–Crippen MR) is 86.9 cm³/mol. The van der Waals surface area contributed by atoms with Crippen LogP contribution in [0.3, 0.4) is 0 Å². The summed E-state index contributed by atoms with van der Waals surface area (Å²) < 4.78 is 27.6. The number of sulfonamides is 1. The van der Waals surface area contributed by atoms with Gasteiger partial charge in [-0.05, 0) is 49.1 Å². The van der Waals surface area contributed by atoms with Gasteiger partial charge in [0.15, 0.2) is 0 Å². The fourth-order valence-corrected chi connectivity index (χ4v) is 4.55. The summed E-state index contributed by atoms with van der Waals surface area (Å²) in [5.41, 5.74) is 6.24. The Kier molecular flexibility index (Phi) is 3.76. The van der Waals surface area contributed by atoms with Crippen molar-refractivity contribution >= 4 is 38.8 Å². The van der Waals surface area contributed by atoms with Crippen LogP contribution in [0, 0.1) is 11.3 Å². The highest BCUT2D eigenvalue weighted by atomic mass is 35.5. The number of hydrogen-bond acceptors (Lipinski definition) is 3. The highest BCUT2D eigenvalue weighted by Crippen LogP contribution is 2.60. The van der Waals surface area contributed by atoms with E-state index in [1.54, 1.807) is 6.07 Å². The maximum atomic E-state index is 12.5. The molecule has 114 valence electrons. The summed E-state index contributed by atoms with van der Waals surface area (Å²) in [6.45, 7) is 0.494. The molecule has 0 saturated heterocycles. The first-order valence-corrected chi connectivity index (χ1v) is 9.20. The number of nitrogens with two attached hydrogens (primary N) is 1. The van der Waals surface area contributed by atoms with Crippen LogP contribution in [0.4, 0.5) is 0 Å². The Morgan fingerprint density at radius 3 is 2.62 bits per heavy atom. The summed E-state index contributed by atoms with van der Waals surface area (Å²) in [4.78, 5) is 0.195. The molecule has 2 aliphatic rings. The molecule has 0 aromatic heterocycles. The van der Waals surface area contributed by atoms with Crippen LogP contribution in [-0.2, 0) is 10.0 Å². The Labute approximate surface area is 135 Å². The molecule has 0 amide bonds. The highest BCUT2D eigenvalue weighted by Gasteiger charge is 2.53. The van der Waals surface area contributed by atoms with E-state index >= 15 is 0 Å². The van der Waals surface area contributed by atoms with Crippen molar-refractivity contribution in [2.45, 2.75) is 30.6 Å². The topological polar surface area (TPSA) is 72.2 Å². The van der Waals surface area contributed by atoms with E-state index in [9.17, 15) is 8.42 Å². The third kappa shape index (κ3) is 3.08. The van der Waals surface area contributed by atoms with Crippen LogP contribution in [-0.4, -0.2) is 20.0 Å². The minimum Gasteiger partial charge on any atom is -0.389 e. The molecule has 0 unspecified atom stereocenters. The van der Waals surface area contributed by atoms with Gasteiger partial charge < -0.3 is 5.73 Å². The maximum Gasteiger partial charge on any atom is 0.242 e. The zero-order valence-electron chi connectivity index (χ0n) is 11.4. The molecule has 0 spiro atoms. The lowest BCUT2D eigenvalue weighted by molar-refractivity contribution is 0.432. The van der Waals surface area contributed by atoms with E-state index in [0.717, 1.165) is 12.8 Å². The van der Waals surface area contributed by atoms with E-state index in [1.165, 1.54) is 25.0 Å². The van der Waals surface area contributed by atoms with Crippen molar-refractivity contribution in [2.24, 2.45) is 17.1 Å². The Bertz CT molecular complexity index is 695. The molecule has 2 saturated carbocycles. The standard InChI is InChI=1S/C14H17ClN2O2S2/c15-11-4-1-9(13(16)20)7-12(11)21(18,19)17-8-14(5-6-14)10-2-3-10/h1,4,7,10,17H,2-3,5-6,8H2,(H2,16,20). The van der Waals surface area contributed by atoms with E-state index in [4.69, 9.17) is 29.6 Å². The molecule has 3 rings (SSSR count). The molecule has 4 nitrogen and oxygen atoms in total. The second-order valence-corrected chi connectivity index (χ2v) is 8.55. The van der Waals surface area contributed by atoms with E-state index < -0.39 is 10.0 Å². The van der Waals surface area contributed by atoms with E-state index in [0.29, 0.717) is 18.0 Å². The molecule has 0 bridgehead atoms. The van der Waals surface area contributed by atoms with Gasteiger partial charge in [0.1, 0.15) is 9.88 Å². The van der Waals surface area contributed by atoms with Crippen LogP contribution in [0.1, 0.15) is 31.2 Å². The number of nitrogens with one attached hydrogen (secondary N) is 1. The van der Waals surface area contributed by atoms with Crippen LogP contribution < -0.4 is 10.5 Å². The number of hydrogen-bond donors (Lipinski definition) is 2. The normalized spacial score (nSPS) is 20.2. The van der Waals surface area contributed by atoms with Crippen molar-refractivity contribution in [3.05, 3.63) is 28.8 Å². The summed E-state index contributed by atoms with van der Waals surface area (Å²) in [5, 5.41) is 0.179. The smallest absolute Gasteiger partial charge is 0.242 e. The molecule has 0 atom stereocenters. The van der Waals surface area contributed by atoms with Gasteiger partial charge >= 0.3 is 0 Å². The third-order valence-corrected chi connectivity index (χ3v) is 6.57. The molecular formula is C14H17ClN2O2S2. The molecule has 0 heterocycles. The molecule has 2 aliphatic carbocycles. The zero-order valence-corrected chi connectivity index (χ0v) is 13.8. The summed E-state index contributed by atoms with van der Waals surface area (Å²) >= 11 is 10.9. The quantitative estimate of drug-likeness (QED) is 0.777. The van der Waals surface area contributed by atoms with Gasteiger partial charge in [0.05, 0.1) is 5.02 Å². The van der Waals surface area contributed by atoms with Crippen LogP contribution in [0.15, 0.2) is 23.1 Å². The van der Waals surface area contributed by atoms with Gasteiger partial charge in [-0.1, -0.05) is 29.9 Å². The molecule has 7 heteroatoms. The molecule has 21 heavy (non-hydrogen) atoms. The summed E-state index contributed by atoms with van der Waals surface area (Å²) in [6, 6.07) is 4.57. The first kappa shape index (κ1) is 15.2. The van der Waals surface area contributed by atoms with Gasteiger partial charge in [0, 0.05) is 12.1 Å². The van der Waals surface area contributed by atoms with Crippen LogP contribution in [0.2, 0.25) is 5.02 Å². The molecule has 3 N–H and O–H groups in total. The van der Waals surface area contributed by atoms with Crippen molar-refractivity contribution in [1.82, 2.24) is 4.72 Å². The van der Waals surface area contributed by atoms with Gasteiger partial charge in [-0.3, -0.25) is 0 Å². The van der Waals surface area contributed by atoms with Gasteiger partial charge in [-0.15, -0.1) is 0 Å². The molecule has 1 aromatic rings. The van der Waals surface area contributed by atoms with Gasteiger partial charge in [-0.2, -0.15) is 0 Å². The highest BCUT2D eigenvalue weighted by molar-refractivity contribution is 7.89. The van der Waals surface area contributed by atoms with Crippen LogP contribution >= 0.6 is 23.8 Å². The lowest BCUT2D eigenvalue weighted by Gasteiger charge is -2.16. The van der Waals surface area contributed by atoms with Crippen molar-refractivity contribution in [2.75, 3.05) is 6.54 Å². The number of rotatable bonds is 6. The SMILES string of the molecule is NC(=S)c1ccc(Cl)c(S(=O)(=O)NCC2(C3CC3)CC2)c1. The Morgan fingerprint density at radius 2 is 2.10 bits per heavy atom. The van der Waals surface area contributed by atoms with Gasteiger partial charge in [0.2, 0.25) is 10.0 Å². The Hall–Kier alpha value is -0.690. The third-order valence-electron chi connectivity index (χ3n) is 4.46. The lowest BCUT2D eigenvalue weighted by Crippen LogP contribution is -2.31. The van der Waals surface area contributed by atoms with Crippen molar-refractivity contribution in [3.63, 3.8) is 0 Å². The van der Waals surface area contributed by atoms with Crippen molar-refractivity contribution < 1.29 is 8.42 Å².